The number of aromatic nitrogens is 2. The SMILES string of the molecule is CC(C(=O)N1Cc2cnn(CCO)c2C1)N1CCc2ccccc2C1. The van der Waals surface area contributed by atoms with E-state index in [9.17, 15) is 4.79 Å². The van der Waals surface area contributed by atoms with Crippen molar-refractivity contribution >= 4 is 5.91 Å². The van der Waals surface area contributed by atoms with Gasteiger partial charge in [0.25, 0.3) is 0 Å². The molecule has 1 N–H and O–H groups in total. The average Bonchev–Trinajstić information content (AvgIpc) is 3.22. The zero-order chi connectivity index (χ0) is 17.4. The number of carbonyl (C=O) groups excluding carboxylic acids is 1. The summed E-state index contributed by atoms with van der Waals surface area (Å²) < 4.78 is 1.81. The molecule has 2 aromatic rings. The number of hydrogen-bond acceptors (Lipinski definition) is 4. The maximum absolute atomic E-state index is 13.0. The summed E-state index contributed by atoms with van der Waals surface area (Å²) in [6.07, 6.45) is 2.82. The van der Waals surface area contributed by atoms with Gasteiger partial charge in [0, 0.05) is 25.2 Å². The maximum Gasteiger partial charge on any atom is 0.240 e. The second-order valence-electron chi connectivity index (χ2n) is 6.92. The number of fused-ring (bicyclic) bond motifs is 2. The summed E-state index contributed by atoms with van der Waals surface area (Å²) in [4.78, 5) is 17.2. The van der Waals surface area contributed by atoms with Crippen molar-refractivity contribution in [1.29, 1.82) is 0 Å². The van der Waals surface area contributed by atoms with Gasteiger partial charge in [0.15, 0.2) is 0 Å². The lowest BCUT2D eigenvalue weighted by Crippen LogP contribution is -2.47. The van der Waals surface area contributed by atoms with Crippen LogP contribution < -0.4 is 0 Å². The minimum Gasteiger partial charge on any atom is -0.394 e. The quantitative estimate of drug-likeness (QED) is 0.907. The molecule has 0 bridgehead atoms. The predicted octanol–water partition coefficient (Wildman–Crippen LogP) is 1.16. The highest BCUT2D eigenvalue weighted by Crippen LogP contribution is 2.26. The van der Waals surface area contributed by atoms with Gasteiger partial charge >= 0.3 is 0 Å². The Balaban J connectivity index is 1.44. The van der Waals surface area contributed by atoms with Crippen molar-refractivity contribution in [3.8, 4) is 0 Å². The molecule has 2 aliphatic rings. The molecule has 0 aliphatic carbocycles. The Morgan fingerprint density at radius 3 is 2.80 bits per heavy atom. The van der Waals surface area contributed by atoms with Gasteiger partial charge in [0.2, 0.25) is 5.91 Å². The first-order chi connectivity index (χ1) is 12.2. The summed E-state index contributed by atoms with van der Waals surface area (Å²) in [6, 6.07) is 8.37. The highest BCUT2D eigenvalue weighted by Gasteiger charge is 2.33. The van der Waals surface area contributed by atoms with Crippen LogP contribution in [-0.2, 0) is 37.4 Å². The van der Waals surface area contributed by atoms with Gasteiger partial charge in [0.05, 0.1) is 37.6 Å². The molecule has 1 amide bonds. The van der Waals surface area contributed by atoms with Crippen molar-refractivity contribution in [3.63, 3.8) is 0 Å². The van der Waals surface area contributed by atoms with Crippen LogP contribution in [0.4, 0.5) is 0 Å². The van der Waals surface area contributed by atoms with Crippen molar-refractivity contribution in [2.75, 3.05) is 13.2 Å². The molecule has 2 aliphatic heterocycles. The molecular formula is C19H24N4O2. The average molecular weight is 340 g/mol. The molecular weight excluding hydrogens is 316 g/mol. The first kappa shape index (κ1) is 16.3. The lowest BCUT2D eigenvalue weighted by atomic mass is 9.98. The summed E-state index contributed by atoms with van der Waals surface area (Å²) in [7, 11) is 0. The Morgan fingerprint density at radius 1 is 1.20 bits per heavy atom. The highest BCUT2D eigenvalue weighted by molar-refractivity contribution is 5.82. The summed E-state index contributed by atoms with van der Waals surface area (Å²) in [5.74, 6) is 0.172. The fourth-order valence-corrected chi connectivity index (χ4v) is 3.92. The van der Waals surface area contributed by atoms with E-state index in [1.807, 2.05) is 22.7 Å². The molecule has 0 radical (unpaired) electrons. The highest BCUT2D eigenvalue weighted by atomic mass is 16.3. The van der Waals surface area contributed by atoms with E-state index in [4.69, 9.17) is 5.11 Å². The smallest absolute Gasteiger partial charge is 0.240 e. The second-order valence-corrected chi connectivity index (χ2v) is 6.92. The van der Waals surface area contributed by atoms with Gasteiger partial charge in [-0.25, -0.2) is 0 Å². The zero-order valence-electron chi connectivity index (χ0n) is 14.6. The van der Waals surface area contributed by atoms with E-state index in [2.05, 4.69) is 34.3 Å². The molecule has 0 spiro atoms. The number of nitrogens with zero attached hydrogens (tertiary/aromatic N) is 4. The molecule has 1 aromatic heterocycles. The Morgan fingerprint density at radius 2 is 2.00 bits per heavy atom. The molecule has 6 nitrogen and oxygen atoms in total. The third-order valence-corrected chi connectivity index (χ3v) is 5.43. The van der Waals surface area contributed by atoms with E-state index >= 15 is 0 Å². The van der Waals surface area contributed by atoms with Gasteiger partial charge in [-0.2, -0.15) is 5.10 Å². The van der Waals surface area contributed by atoms with Crippen LogP contribution in [0.3, 0.4) is 0 Å². The lowest BCUT2D eigenvalue weighted by Gasteiger charge is -2.34. The summed E-state index contributed by atoms with van der Waals surface area (Å²) in [5.41, 5.74) is 4.88. The topological polar surface area (TPSA) is 61.6 Å². The largest absolute Gasteiger partial charge is 0.394 e. The molecule has 1 unspecified atom stereocenters. The molecule has 0 saturated carbocycles. The summed E-state index contributed by atoms with van der Waals surface area (Å²) in [5, 5.41) is 13.4. The van der Waals surface area contributed by atoms with E-state index in [-0.39, 0.29) is 18.6 Å². The van der Waals surface area contributed by atoms with Gasteiger partial charge in [-0.05, 0) is 24.5 Å². The van der Waals surface area contributed by atoms with Crippen LogP contribution >= 0.6 is 0 Å². The van der Waals surface area contributed by atoms with E-state index in [1.165, 1.54) is 11.1 Å². The number of aliphatic hydroxyl groups is 1. The summed E-state index contributed by atoms with van der Waals surface area (Å²) >= 11 is 0. The van der Waals surface area contributed by atoms with Gasteiger partial charge in [-0.15, -0.1) is 0 Å². The second kappa shape index (κ2) is 6.61. The first-order valence-corrected chi connectivity index (χ1v) is 8.91. The number of benzene rings is 1. The predicted molar refractivity (Wildman–Crippen MR) is 93.6 cm³/mol. The van der Waals surface area contributed by atoms with Gasteiger partial charge in [0.1, 0.15) is 0 Å². The van der Waals surface area contributed by atoms with Crippen LogP contribution in [0.1, 0.15) is 29.3 Å². The van der Waals surface area contributed by atoms with Gasteiger partial charge in [-0.3, -0.25) is 14.4 Å². The molecule has 132 valence electrons. The van der Waals surface area contributed by atoms with Crippen LogP contribution in [0.2, 0.25) is 0 Å². The number of carbonyl (C=O) groups is 1. The lowest BCUT2D eigenvalue weighted by molar-refractivity contribution is -0.137. The molecule has 6 heteroatoms. The van der Waals surface area contributed by atoms with Gasteiger partial charge < -0.3 is 10.0 Å². The minimum atomic E-state index is -0.128. The molecule has 0 fully saturated rings. The van der Waals surface area contributed by atoms with Crippen LogP contribution in [0.25, 0.3) is 0 Å². The fourth-order valence-electron chi connectivity index (χ4n) is 3.92. The van der Waals surface area contributed by atoms with E-state index < -0.39 is 0 Å². The Kier molecular flexibility index (Phi) is 4.31. The van der Waals surface area contributed by atoms with Crippen molar-refractivity contribution in [1.82, 2.24) is 19.6 Å². The molecule has 25 heavy (non-hydrogen) atoms. The maximum atomic E-state index is 13.0. The molecule has 3 heterocycles. The van der Waals surface area contributed by atoms with Crippen LogP contribution in [0, 0.1) is 0 Å². The third-order valence-electron chi connectivity index (χ3n) is 5.43. The van der Waals surface area contributed by atoms with Crippen molar-refractivity contribution in [2.45, 2.75) is 45.6 Å². The number of hydrogen-bond donors (Lipinski definition) is 1. The normalized spacial score (nSPS) is 18.1. The van der Waals surface area contributed by atoms with Crippen LogP contribution in [0.15, 0.2) is 30.5 Å². The van der Waals surface area contributed by atoms with Crippen molar-refractivity contribution in [2.24, 2.45) is 0 Å². The Bertz CT molecular complexity index is 785. The standard InChI is InChI=1S/C19H24N4O2/c1-14(21-7-6-15-4-2-3-5-16(15)11-21)19(25)22-12-17-10-20-23(8-9-24)18(17)13-22/h2-5,10,14,24H,6-9,11-13H2,1H3. The van der Waals surface area contributed by atoms with E-state index in [0.29, 0.717) is 19.6 Å². The Hall–Kier alpha value is -2.18. The van der Waals surface area contributed by atoms with Gasteiger partial charge in [-0.1, -0.05) is 24.3 Å². The van der Waals surface area contributed by atoms with E-state index in [1.54, 1.807) is 0 Å². The van der Waals surface area contributed by atoms with Crippen LogP contribution in [0.5, 0.6) is 0 Å². The number of aliphatic hydroxyl groups excluding tert-OH is 1. The number of amides is 1. The summed E-state index contributed by atoms with van der Waals surface area (Å²) in [6.45, 7) is 5.52. The molecule has 0 saturated heterocycles. The first-order valence-electron chi connectivity index (χ1n) is 8.91. The Labute approximate surface area is 147 Å². The molecule has 1 aromatic carbocycles. The molecule has 4 rings (SSSR count). The number of rotatable bonds is 4. The molecule has 1 atom stereocenters. The third kappa shape index (κ3) is 2.96. The van der Waals surface area contributed by atoms with Crippen LogP contribution in [-0.4, -0.2) is 49.8 Å². The zero-order valence-corrected chi connectivity index (χ0v) is 14.6. The van der Waals surface area contributed by atoms with Crippen molar-refractivity contribution in [3.05, 3.63) is 52.8 Å². The van der Waals surface area contributed by atoms with Crippen molar-refractivity contribution < 1.29 is 9.90 Å². The van der Waals surface area contributed by atoms with E-state index in [0.717, 1.165) is 30.8 Å². The minimum absolute atomic E-state index is 0.0612. The fraction of sp³-hybridized carbons (Fsp3) is 0.474. The monoisotopic (exact) mass is 340 g/mol.